The lowest BCUT2D eigenvalue weighted by atomic mass is 10.2. The van der Waals surface area contributed by atoms with Gasteiger partial charge in [0.2, 0.25) is 5.89 Å². The Bertz CT molecular complexity index is 460. The second-order valence-electron chi connectivity index (χ2n) is 4.01. The van der Waals surface area contributed by atoms with Crippen molar-refractivity contribution in [1.82, 2.24) is 10.2 Å². The van der Waals surface area contributed by atoms with Crippen LogP contribution in [0.3, 0.4) is 0 Å². The average molecular weight is 280 g/mol. The minimum atomic E-state index is -2.84. The first-order valence-electron chi connectivity index (χ1n) is 5.44. The summed E-state index contributed by atoms with van der Waals surface area (Å²) in [5.74, 6) is 1.36. The number of hydrogen-bond acceptors (Lipinski definition) is 6. The molecule has 1 N–H and O–H groups in total. The Labute approximate surface area is 105 Å². The van der Waals surface area contributed by atoms with Gasteiger partial charge >= 0.3 is 6.01 Å². The summed E-state index contributed by atoms with van der Waals surface area (Å²) in [6.45, 7) is 0. The van der Waals surface area contributed by atoms with Gasteiger partial charge in [-0.3, -0.25) is 0 Å². The first kappa shape index (κ1) is 12.6. The summed E-state index contributed by atoms with van der Waals surface area (Å²) in [6.07, 6.45) is 1.69. The molecule has 2 heterocycles. The molecule has 1 aromatic rings. The second-order valence-corrected chi connectivity index (χ2v) is 6.69. The van der Waals surface area contributed by atoms with Gasteiger partial charge < -0.3 is 9.73 Å². The van der Waals surface area contributed by atoms with Crippen LogP contribution in [0.15, 0.2) is 4.42 Å². The molecular formula is C9H14ClN3O3S. The highest BCUT2D eigenvalue weighted by atomic mass is 35.5. The van der Waals surface area contributed by atoms with Gasteiger partial charge in [0.15, 0.2) is 0 Å². The maximum atomic E-state index is 11.2. The number of aryl methyl sites for hydroxylation is 1. The lowest BCUT2D eigenvalue weighted by molar-refractivity contribution is 0.496. The summed E-state index contributed by atoms with van der Waals surface area (Å²) in [5.41, 5.74) is 0. The number of anilines is 1. The molecule has 0 saturated carbocycles. The van der Waals surface area contributed by atoms with Crippen LogP contribution in [0.4, 0.5) is 6.01 Å². The summed E-state index contributed by atoms with van der Waals surface area (Å²) in [4.78, 5) is 0. The molecule has 96 valence electrons. The van der Waals surface area contributed by atoms with Crippen LogP contribution in [-0.2, 0) is 16.3 Å². The van der Waals surface area contributed by atoms with E-state index in [9.17, 15) is 8.42 Å². The molecule has 1 fully saturated rings. The smallest absolute Gasteiger partial charge is 0.315 e. The molecule has 0 aliphatic carbocycles. The largest absolute Gasteiger partial charge is 0.408 e. The van der Waals surface area contributed by atoms with Crippen molar-refractivity contribution in [3.05, 3.63) is 5.89 Å². The van der Waals surface area contributed by atoms with E-state index in [-0.39, 0.29) is 17.5 Å². The molecule has 2 rings (SSSR count). The van der Waals surface area contributed by atoms with Gasteiger partial charge in [-0.05, 0) is 12.8 Å². The summed E-state index contributed by atoms with van der Waals surface area (Å²) in [7, 11) is -2.84. The van der Waals surface area contributed by atoms with Crippen molar-refractivity contribution in [2.75, 3.05) is 22.7 Å². The molecule has 1 aliphatic heterocycles. The average Bonchev–Trinajstić information content (AvgIpc) is 2.70. The summed E-state index contributed by atoms with van der Waals surface area (Å²) in [5, 5.41) is 10.7. The Morgan fingerprint density at radius 3 is 2.71 bits per heavy atom. The highest BCUT2D eigenvalue weighted by Crippen LogP contribution is 2.17. The lowest BCUT2D eigenvalue weighted by Crippen LogP contribution is -2.32. The van der Waals surface area contributed by atoms with Crippen molar-refractivity contribution >= 4 is 27.5 Å². The molecular weight excluding hydrogens is 266 g/mol. The number of nitrogens with one attached hydrogen (secondary N) is 1. The van der Waals surface area contributed by atoms with Gasteiger partial charge in [0.05, 0.1) is 11.5 Å². The molecule has 6 nitrogen and oxygen atoms in total. The van der Waals surface area contributed by atoms with Crippen molar-refractivity contribution in [1.29, 1.82) is 0 Å². The van der Waals surface area contributed by atoms with Crippen LogP contribution in [0.2, 0.25) is 0 Å². The Balaban J connectivity index is 1.88. The Morgan fingerprint density at radius 1 is 1.35 bits per heavy atom. The summed E-state index contributed by atoms with van der Waals surface area (Å²) in [6, 6.07) is 0.428. The van der Waals surface area contributed by atoms with Crippen LogP contribution < -0.4 is 5.32 Å². The second kappa shape index (κ2) is 5.22. The highest BCUT2D eigenvalue weighted by Gasteiger charge is 2.24. The van der Waals surface area contributed by atoms with Crippen molar-refractivity contribution in [2.24, 2.45) is 0 Å². The minimum Gasteiger partial charge on any atom is -0.408 e. The molecule has 0 radical (unpaired) electrons. The van der Waals surface area contributed by atoms with Gasteiger partial charge in [0.1, 0.15) is 9.84 Å². The zero-order chi connectivity index (χ0) is 12.3. The predicted molar refractivity (Wildman–Crippen MR) is 64.0 cm³/mol. The van der Waals surface area contributed by atoms with Crippen LogP contribution in [-0.4, -0.2) is 42.0 Å². The number of alkyl halides is 1. The standard InChI is InChI=1S/C9H14ClN3O3S/c10-4-1-8-12-13-9(16-8)11-7-2-5-17(14,15)6-3-7/h7H,1-6H2,(H,11,13). The number of halogens is 1. The van der Waals surface area contributed by atoms with Crippen LogP contribution >= 0.6 is 11.6 Å². The van der Waals surface area contributed by atoms with Crippen LogP contribution in [0.1, 0.15) is 18.7 Å². The van der Waals surface area contributed by atoms with Crippen molar-refractivity contribution < 1.29 is 12.8 Å². The van der Waals surface area contributed by atoms with E-state index in [1.807, 2.05) is 0 Å². The molecule has 17 heavy (non-hydrogen) atoms. The molecule has 1 aliphatic rings. The van der Waals surface area contributed by atoms with E-state index in [2.05, 4.69) is 15.5 Å². The van der Waals surface area contributed by atoms with Gasteiger partial charge in [0, 0.05) is 18.3 Å². The van der Waals surface area contributed by atoms with Gasteiger partial charge in [-0.2, -0.15) is 0 Å². The fourth-order valence-corrected chi connectivity index (χ4v) is 3.36. The molecule has 0 bridgehead atoms. The number of aromatic nitrogens is 2. The van der Waals surface area contributed by atoms with E-state index in [0.29, 0.717) is 37.0 Å². The zero-order valence-corrected chi connectivity index (χ0v) is 10.8. The van der Waals surface area contributed by atoms with E-state index in [0.717, 1.165) is 0 Å². The van der Waals surface area contributed by atoms with Gasteiger partial charge in [-0.1, -0.05) is 5.10 Å². The van der Waals surface area contributed by atoms with Crippen molar-refractivity contribution in [3.8, 4) is 0 Å². The van der Waals surface area contributed by atoms with Crippen LogP contribution in [0.5, 0.6) is 0 Å². The first-order valence-corrected chi connectivity index (χ1v) is 7.80. The third-order valence-electron chi connectivity index (χ3n) is 2.66. The van der Waals surface area contributed by atoms with Gasteiger partial charge in [-0.15, -0.1) is 16.7 Å². The molecule has 0 spiro atoms. The molecule has 0 amide bonds. The summed E-state index contributed by atoms with van der Waals surface area (Å²) < 4.78 is 27.8. The number of hydrogen-bond donors (Lipinski definition) is 1. The highest BCUT2D eigenvalue weighted by molar-refractivity contribution is 7.91. The summed E-state index contributed by atoms with van der Waals surface area (Å²) >= 11 is 5.55. The van der Waals surface area contributed by atoms with Gasteiger partial charge in [0.25, 0.3) is 0 Å². The minimum absolute atomic E-state index is 0.0860. The van der Waals surface area contributed by atoms with E-state index in [1.165, 1.54) is 0 Å². The molecule has 8 heteroatoms. The fraction of sp³-hybridized carbons (Fsp3) is 0.778. The van der Waals surface area contributed by atoms with E-state index < -0.39 is 9.84 Å². The van der Waals surface area contributed by atoms with E-state index in [1.54, 1.807) is 0 Å². The molecule has 1 aromatic heterocycles. The van der Waals surface area contributed by atoms with Crippen LogP contribution in [0, 0.1) is 0 Å². The molecule has 1 saturated heterocycles. The Morgan fingerprint density at radius 2 is 2.06 bits per heavy atom. The maximum Gasteiger partial charge on any atom is 0.315 e. The predicted octanol–water partition coefficient (Wildman–Crippen LogP) is 0.840. The zero-order valence-electron chi connectivity index (χ0n) is 9.23. The SMILES string of the molecule is O=S1(=O)CCC(Nc2nnc(CCCl)o2)CC1. The quantitative estimate of drug-likeness (QED) is 0.822. The third-order valence-corrected chi connectivity index (χ3v) is 4.56. The lowest BCUT2D eigenvalue weighted by Gasteiger charge is -2.21. The number of rotatable bonds is 4. The van der Waals surface area contributed by atoms with Crippen molar-refractivity contribution in [3.63, 3.8) is 0 Å². The molecule has 0 atom stereocenters. The topological polar surface area (TPSA) is 85.1 Å². The third kappa shape index (κ3) is 3.57. The normalized spacial score (nSPS) is 20.3. The number of nitrogens with zero attached hydrogens (tertiary/aromatic N) is 2. The first-order chi connectivity index (χ1) is 8.09. The van der Waals surface area contributed by atoms with Gasteiger partial charge in [-0.25, -0.2) is 8.42 Å². The molecule has 0 unspecified atom stereocenters. The van der Waals surface area contributed by atoms with Crippen molar-refractivity contribution in [2.45, 2.75) is 25.3 Å². The monoisotopic (exact) mass is 279 g/mol. The molecule has 0 aromatic carbocycles. The van der Waals surface area contributed by atoms with E-state index in [4.69, 9.17) is 16.0 Å². The fourth-order valence-electron chi connectivity index (χ4n) is 1.70. The van der Waals surface area contributed by atoms with Crippen LogP contribution in [0.25, 0.3) is 0 Å². The van der Waals surface area contributed by atoms with E-state index >= 15 is 0 Å². The maximum absolute atomic E-state index is 11.2. The Kier molecular flexibility index (Phi) is 3.88. The number of sulfone groups is 1. The Hall–Kier alpha value is -0.820.